The molecule has 0 aliphatic heterocycles. The van der Waals surface area contributed by atoms with Crippen LogP contribution in [0.2, 0.25) is 0 Å². The van der Waals surface area contributed by atoms with E-state index in [2.05, 4.69) is 4.72 Å². The van der Waals surface area contributed by atoms with Gasteiger partial charge in [-0.25, -0.2) is 8.42 Å². The molecule has 0 saturated heterocycles. The lowest BCUT2D eigenvalue weighted by Crippen LogP contribution is -2.13. The summed E-state index contributed by atoms with van der Waals surface area (Å²) in [5.74, 6) is 0. The largest absolute Gasteiger partial charge is 0.398 e. The van der Waals surface area contributed by atoms with Gasteiger partial charge >= 0.3 is 0 Å². The summed E-state index contributed by atoms with van der Waals surface area (Å²) >= 11 is 0. The van der Waals surface area contributed by atoms with Crippen molar-refractivity contribution < 1.29 is 8.42 Å². The fourth-order valence-electron chi connectivity index (χ4n) is 2.19. The summed E-state index contributed by atoms with van der Waals surface area (Å²) in [5, 5.41) is 1.64. The molecule has 0 spiro atoms. The molecule has 3 aromatic rings. The van der Waals surface area contributed by atoms with E-state index >= 15 is 0 Å². The van der Waals surface area contributed by atoms with Crippen LogP contribution in [0.15, 0.2) is 71.6 Å². The molecule has 21 heavy (non-hydrogen) atoms. The maximum absolute atomic E-state index is 12.4. The molecule has 0 aliphatic rings. The molecular weight excluding hydrogens is 284 g/mol. The second kappa shape index (κ2) is 5.10. The molecule has 0 aromatic heterocycles. The third-order valence-corrected chi connectivity index (χ3v) is 4.56. The summed E-state index contributed by atoms with van der Waals surface area (Å²) in [4.78, 5) is 0.155. The Kier molecular flexibility index (Phi) is 3.27. The molecule has 0 aliphatic carbocycles. The standard InChI is InChI=1S/C16H14N2O2S/c17-16-11-14(10-12-6-4-5-9-15(12)16)21(19,20)18-13-7-2-1-3-8-13/h1-11,18H,17H2. The minimum absolute atomic E-state index is 0.155. The van der Waals surface area contributed by atoms with Crippen LogP contribution in [0, 0.1) is 0 Å². The maximum atomic E-state index is 12.4. The van der Waals surface area contributed by atoms with Crippen LogP contribution in [-0.2, 0) is 10.0 Å². The highest BCUT2D eigenvalue weighted by Crippen LogP contribution is 2.26. The second-order valence-electron chi connectivity index (χ2n) is 4.71. The van der Waals surface area contributed by atoms with Gasteiger partial charge in [-0.05, 0) is 29.7 Å². The molecule has 3 rings (SSSR count). The average Bonchev–Trinajstić information content (AvgIpc) is 2.48. The van der Waals surface area contributed by atoms with E-state index in [0.717, 1.165) is 10.8 Å². The Bertz CT molecular complexity index is 891. The van der Waals surface area contributed by atoms with Gasteiger partial charge in [-0.2, -0.15) is 0 Å². The molecule has 4 nitrogen and oxygen atoms in total. The molecule has 0 atom stereocenters. The molecule has 0 saturated carbocycles. The topological polar surface area (TPSA) is 72.2 Å². The summed E-state index contributed by atoms with van der Waals surface area (Å²) in [6.07, 6.45) is 0. The van der Waals surface area contributed by atoms with Crippen molar-refractivity contribution in [3.8, 4) is 0 Å². The molecule has 3 N–H and O–H groups in total. The van der Waals surface area contributed by atoms with Gasteiger partial charge in [0.1, 0.15) is 0 Å². The van der Waals surface area contributed by atoms with Crippen molar-refractivity contribution >= 4 is 32.2 Å². The summed E-state index contributed by atoms with van der Waals surface area (Å²) in [6, 6.07) is 19.3. The normalized spacial score (nSPS) is 11.4. The molecule has 0 fully saturated rings. The second-order valence-corrected chi connectivity index (χ2v) is 6.39. The number of nitrogens with two attached hydrogens (primary N) is 1. The average molecular weight is 298 g/mol. The molecule has 0 bridgehead atoms. The first-order chi connectivity index (χ1) is 10.1. The van der Waals surface area contributed by atoms with Crippen LogP contribution < -0.4 is 10.5 Å². The monoisotopic (exact) mass is 298 g/mol. The van der Waals surface area contributed by atoms with Gasteiger partial charge in [0.2, 0.25) is 0 Å². The lowest BCUT2D eigenvalue weighted by atomic mass is 10.1. The van der Waals surface area contributed by atoms with Crippen molar-refractivity contribution in [2.45, 2.75) is 4.90 Å². The molecule has 0 heterocycles. The van der Waals surface area contributed by atoms with Crippen LogP contribution in [0.5, 0.6) is 0 Å². The van der Waals surface area contributed by atoms with Crippen LogP contribution in [0.1, 0.15) is 0 Å². The summed E-state index contributed by atoms with van der Waals surface area (Å²) in [5.41, 5.74) is 6.92. The number of benzene rings is 3. The Morgan fingerprint density at radius 1 is 0.857 bits per heavy atom. The third-order valence-electron chi connectivity index (χ3n) is 3.20. The highest BCUT2D eigenvalue weighted by Gasteiger charge is 2.16. The van der Waals surface area contributed by atoms with Crippen molar-refractivity contribution in [3.05, 3.63) is 66.7 Å². The number of nitrogens with one attached hydrogen (secondary N) is 1. The van der Waals surface area contributed by atoms with Gasteiger partial charge < -0.3 is 5.73 Å². The van der Waals surface area contributed by atoms with Gasteiger partial charge in [0.25, 0.3) is 10.0 Å². The van der Waals surface area contributed by atoms with Gasteiger partial charge in [-0.15, -0.1) is 0 Å². The van der Waals surface area contributed by atoms with Crippen LogP contribution >= 0.6 is 0 Å². The lowest BCUT2D eigenvalue weighted by molar-refractivity contribution is 0.601. The predicted molar refractivity (Wildman–Crippen MR) is 85.6 cm³/mol. The summed E-state index contributed by atoms with van der Waals surface area (Å²) in [7, 11) is -3.66. The molecule has 3 aromatic carbocycles. The first kappa shape index (κ1) is 13.5. The first-order valence-electron chi connectivity index (χ1n) is 6.42. The lowest BCUT2D eigenvalue weighted by Gasteiger charge is -2.10. The van der Waals surface area contributed by atoms with Gasteiger partial charge in [0.05, 0.1) is 4.90 Å². The van der Waals surface area contributed by atoms with E-state index in [0.29, 0.717) is 11.4 Å². The van der Waals surface area contributed by atoms with Crippen LogP contribution in [0.3, 0.4) is 0 Å². The highest BCUT2D eigenvalue weighted by molar-refractivity contribution is 7.92. The Labute approximate surface area is 123 Å². The fraction of sp³-hybridized carbons (Fsp3) is 0. The smallest absolute Gasteiger partial charge is 0.261 e. The summed E-state index contributed by atoms with van der Waals surface area (Å²) < 4.78 is 27.4. The number of nitrogen functional groups attached to an aromatic ring is 1. The molecule has 106 valence electrons. The number of hydrogen-bond acceptors (Lipinski definition) is 3. The van der Waals surface area contributed by atoms with Crippen LogP contribution in [-0.4, -0.2) is 8.42 Å². The van der Waals surface area contributed by atoms with Gasteiger partial charge in [-0.3, -0.25) is 4.72 Å². The highest BCUT2D eigenvalue weighted by atomic mass is 32.2. The minimum atomic E-state index is -3.66. The van der Waals surface area contributed by atoms with Gasteiger partial charge in [0.15, 0.2) is 0 Å². The van der Waals surface area contributed by atoms with E-state index in [9.17, 15) is 8.42 Å². The van der Waals surface area contributed by atoms with Crippen molar-refractivity contribution in [3.63, 3.8) is 0 Å². The molecule has 0 unspecified atom stereocenters. The van der Waals surface area contributed by atoms with E-state index in [1.165, 1.54) is 6.07 Å². The van der Waals surface area contributed by atoms with E-state index in [1.807, 2.05) is 30.3 Å². The number of rotatable bonds is 3. The van der Waals surface area contributed by atoms with Crippen molar-refractivity contribution in [1.82, 2.24) is 0 Å². The zero-order valence-corrected chi connectivity index (χ0v) is 12.0. The summed E-state index contributed by atoms with van der Waals surface area (Å²) in [6.45, 7) is 0. The Morgan fingerprint density at radius 3 is 2.29 bits per heavy atom. The van der Waals surface area contributed by atoms with Crippen molar-refractivity contribution in [2.24, 2.45) is 0 Å². The van der Waals surface area contributed by atoms with E-state index in [1.54, 1.807) is 30.3 Å². The Morgan fingerprint density at radius 2 is 1.52 bits per heavy atom. The zero-order chi connectivity index (χ0) is 14.9. The number of para-hydroxylation sites is 1. The minimum Gasteiger partial charge on any atom is -0.398 e. The van der Waals surface area contributed by atoms with Crippen molar-refractivity contribution in [2.75, 3.05) is 10.5 Å². The molecule has 0 amide bonds. The van der Waals surface area contributed by atoms with Crippen LogP contribution in [0.25, 0.3) is 10.8 Å². The number of hydrogen-bond donors (Lipinski definition) is 2. The third kappa shape index (κ3) is 2.68. The van der Waals surface area contributed by atoms with Crippen molar-refractivity contribution in [1.29, 1.82) is 0 Å². The maximum Gasteiger partial charge on any atom is 0.261 e. The zero-order valence-electron chi connectivity index (χ0n) is 11.2. The predicted octanol–water partition coefficient (Wildman–Crippen LogP) is 3.22. The SMILES string of the molecule is Nc1cc(S(=O)(=O)Nc2ccccc2)cc2ccccc12. The van der Waals surface area contributed by atoms with Gasteiger partial charge in [-0.1, -0.05) is 42.5 Å². The molecule has 0 radical (unpaired) electrons. The van der Waals surface area contributed by atoms with E-state index in [4.69, 9.17) is 5.73 Å². The molecule has 5 heteroatoms. The van der Waals surface area contributed by atoms with Gasteiger partial charge in [0, 0.05) is 16.8 Å². The van der Waals surface area contributed by atoms with Crippen LogP contribution in [0.4, 0.5) is 11.4 Å². The quantitative estimate of drug-likeness (QED) is 0.729. The number of fused-ring (bicyclic) bond motifs is 1. The number of anilines is 2. The van der Waals surface area contributed by atoms with E-state index < -0.39 is 10.0 Å². The first-order valence-corrected chi connectivity index (χ1v) is 7.91. The number of sulfonamides is 1. The Hall–Kier alpha value is -2.53. The van der Waals surface area contributed by atoms with E-state index in [-0.39, 0.29) is 4.90 Å². The molecular formula is C16H14N2O2S. The Balaban J connectivity index is 2.07. The fourth-order valence-corrected chi connectivity index (χ4v) is 3.32.